The molecule has 10 nitrogen and oxygen atoms in total. The van der Waals surface area contributed by atoms with E-state index >= 15 is 0 Å². The molecule has 2 aromatic rings. The summed E-state index contributed by atoms with van der Waals surface area (Å²) in [4.78, 5) is 43.6. The molecule has 0 aliphatic rings. The molecule has 2 aromatic carbocycles. The molecule has 0 radical (unpaired) electrons. The molecule has 0 atom stereocenters. The van der Waals surface area contributed by atoms with Crippen molar-refractivity contribution in [2.24, 2.45) is 0 Å². The Morgan fingerprint density at radius 1 is 0.920 bits per heavy atom. The van der Waals surface area contributed by atoms with Gasteiger partial charge in [0.2, 0.25) is 0 Å². The minimum absolute atomic E-state index is 0.113. The highest BCUT2D eigenvalue weighted by Crippen LogP contribution is 2.24. The zero-order valence-corrected chi connectivity index (χ0v) is 12.7. The first-order valence-electron chi connectivity index (χ1n) is 6.77. The van der Waals surface area contributed by atoms with E-state index in [-0.39, 0.29) is 16.9 Å². The van der Waals surface area contributed by atoms with Crippen molar-refractivity contribution in [2.75, 3.05) is 5.32 Å². The number of nitrogens with one attached hydrogen (secondary N) is 1. The van der Waals surface area contributed by atoms with Crippen LogP contribution in [-0.4, -0.2) is 21.7 Å². The van der Waals surface area contributed by atoms with E-state index in [0.717, 1.165) is 18.2 Å². The number of hydrogen-bond donors (Lipinski definition) is 1. The summed E-state index contributed by atoms with van der Waals surface area (Å²) in [6, 6.07) is 6.46. The number of nitro benzene ring substituents is 2. The monoisotopic (exact) mass is 344 g/mol. The van der Waals surface area contributed by atoms with Crippen molar-refractivity contribution in [3.63, 3.8) is 0 Å². The summed E-state index contributed by atoms with van der Waals surface area (Å²) in [5, 5.41) is 35.1. The fourth-order valence-electron chi connectivity index (χ4n) is 2.06. The maximum atomic E-state index is 12.3. The molecule has 1 amide bonds. The van der Waals surface area contributed by atoms with Crippen molar-refractivity contribution in [3.05, 3.63) is 73.3 Å². The molecule has 0 saturated carbocycles. The normalized spacial score (nSPS) is 10.1. The molecule has 1 N–H and O–H groups in total. The van der Waals surface area contributed by atoms with E-state index in [1.54, 1.807) is 6.92 Å². The van der Waals surface area contributed by atoms with Crippen molar-refractivity contribution in [3.8, 4) is 0 Å². The van der Waals surface area contributed by atoms with Gasteiger partial charge in [0.25, 0.3) is 17.3 Å². The molecule has 0 fully saturated rings. The number of amides is 1. The Labute approximate surface area is 140 Å². The van der Waals surface area contributed by atoms with Crippen molar-refractivity contribution < 1.29 is 24.5 Å². The Morgan fingerprint density at radius 3 is 2.04 bits per heavy atom. The van der Waals surface area contributed by atoms with Crippen LogP contribution in [0.5, 0.6) is 0 Å². The minimum Gasteiger partial charge on any atom is -0.545 e. The fourth-order valence-corrected chi connectivity index (χ4v) is 2.06. The summed E-state index contributed by atoms with van der Waals surface area (Å²) < 4.78 is 0. The number of nitro groups is 2. The summed E-state index contributed by atoms with van der Waals surface area (Å²) in [6.07, 6.45) is 0. The standard InChI is InChI=1S/C15H11N3O7/c1-8-2-3-10(18(24)25)7-13(8)16-14(19)11-5-4-9(17(22)23)6-12(11)15(20)21/h2-7H,1H3,(H,16,19)(H,20,21)/p-1. The molecular formula is C15H10N3O7-. The number of carbonyl (C=O) groups excluding carboxylic acids is 2. The first-order chi connectivity index (χ1) is 11.7. The van der Waals surface area contributed by atoms with Crippen molar-refractivity contribution in [2.45, 2.75) is 6.92 Å². The van der Waals surface area contributed by atoms with Crippen molar-refractivity contribution in [1.29, 1.82) is 0 Å². The van der Waals surface area contributed by atoms with E-state index < -0.39 is 33.0 Å². The predicted molar refractivity (Wildman–Crippen MR) is 83.2 cm³/mol. The van der Waals surface area contributed by atoms with Crippen LogP contribution in [0, 0.1) is 27.2 Å². The number of aryl methyl sites for hydroxylation is 1. The molecule has 0 aliphatic heterocycles. The van der Waals surface area contributed by atoms with Gasteiger partial charge in [-0.1, -0.05) is 6.07 Å². The van der Waals surface area contributed by atoms with E-state index in [2.05, 4.69) is 5.32 Å². The quantitative estimate of drug-likeness (QED) is 0.635. The van der Waals surface area contributed by atoms with Crippen LogP contribution in [0.25, 0.3) is 0 Å². The van der Waals surface area contributed by atoms with Crippen LogP contribution in [0.2, 0.25) is 0 Å². The van der Waals surface area contributed by atoms with Crippen molar-refractivity contribution in [1.82, 2.24) is 0 Å². The van der Waals surface area contributed by atoms with Crippen LogP contribution >= 0.6 is 0 Å². The van der Waals surface area contributed by atoms with Crippen LogP contribution in [0.15, 0.2) is 36.4 Å². The Kier molecular flexibility index (Phi) is 4.73. The Hall–Kier alpha value is -3.82. The lowest BCUT2D eigenvalue weighted by molar-refractivity contribution is -0.385. The third kappa shape index (κ3) is 3.75. The SMILES string of the molecule is Cc1ccc([N+](=O)[O-])cc1NC(=O)c1ccc([N+](=O)[O-])cc1C(=O)[O-]. The zero-order chi connectivity index (χ0) is 18.7. The van der Waals surface area contributed by atoms with Crippen LogP contribution < -0.4 is 10.4 Å². The van der Waals surface area contributed by atoms with Crippen LogP contribution in [0.1, 0.15) is 26.3 Å². The highest BCUT2D eigenvalue weighted by Gasteiger charge is 2.18. The number of hydrogen-bond acceptors (Lipinski definition) is 7. The van der Waals surface area contributed by atoms with Gasteiger partial charge in [0.15, 0.2) is 0 Å². The van der Waals surface area contributed by atoms with Gasteiger partial charge in [-0.25, -0.2) is 0 Å². The molecular weight excluding hydrogens is 334 g/mol. The summed E-state index contributed by atoms with van der Waals surface area (Å²) >= 11 is 0. The lowest BCUT2D eigenvalue weighted by Gasteiger charge is -2.12. The van der Waals surface area contributed by atoms with E-state index in [0.29, 0.717) is 11.6 Å². The second kappa shape index (κ2) is 6.74. The third-order valence-corrected chi connectivity index (χ3v) is 3.36. The highest BCUT2D eigenvalue weighted by molar-refractivity contribution is 6.11. The summed E-state index contributed by atoms with van der Waals surface area (Å²) in [5.41, 5.74) is -1.17. The van der Waals surface area contributed by atoms with Gasteiger partial charge in [-0.15, -0.1) is 0 Å². The number of nitrogens with zero attached hydrogens (tertiary/aromatic N) is 2. The number of benzene rings is 2. The molecule has 10 heteroatoms. The Balaban J connectivity index is 2.42. The number of carbonyl (C=O) groups is 2. The lowest BCUT2D eigenvalue weighted by atomic mass is 10.1. The molecule has 25 heavy (non-hydrogen) atoms. The Morgan fingerprint density at radius 2 is 1.48 bits per heavy atom. The van der Waals surface area contributed by atoms with E-state index in [1.165, 1.54) is 12.1 Å². The number of non-ortho nitro benzene ring substituents is 2. The molecule has 0 spiro atoms. The summed E-state index contributed by atoms with van der Waals surface area (Å²) in [5.74, 6) is -2.65. The minimum atomic E-state index is -1.76. The average molecular weight is 344 g/mol. The average Bonchev–Trinajstić information content (AvgIpc) is 2.55. The number of aromatic carboxylic acids is 1. The van der Waals surface area contributed by atoms with Crippen LogP contribution in [-0.2, 0) is 0 Å². The molecule has 128 valence electrons. The van der Waals surface area contributed by atoms with Gasteiger partial charge in [0.1, 0.15) is 0 Å². The zero-order valence-electron chi connectivity index (χ0n) is 12.7. The maximum Gasteiger partial charge on any atom is 0.271 e. The third-order valence-electron chi connectivity index (χ3n) is 3.36. The molecule has 0 heterocycles. The van der Waals surface area contributed by atoms with Gasteiger partial charge < -0.3 is 15.2 Å². The van der Waals surface area contributed by atoms with E-state index in [9.17, 15) is 34.9 Å². The molecule has 0 aromatic heterocycles. The lowest BCUT2D eigenvalue weighted by Crippen LogP contribution is -2.26. The predicted octanol–water partition coefficient (Wildman–Crippen LogP) is 1.43. The van der Waals surface area contributed by atoms with Crippen LogP contribution in [0.3, 0.4) is 0 Å². The van der Waals surface area contributed by atoms with Gasteiger partial charge in [-0.05, 0) is 18.6 Å². The van der Waals surface area contributed by atoms with E-state index in [1.807, 2.05) is 0 Å². The maximum absolute atomic E-state index is 12.3. The fraction of sp³-hybridized carbons (Fsp3) is 0.0667. The van der Waals surface area contributed by atoms with Gasteiger partial charge in [0.05, 0.1) is 21.5 Å². The van der Waals surface area contributed by atoms with Crippen molar-refractivity contribution >= 4 is 28.9 Å². The second-order valence-electron chi connectivity index (χ2n) is 4.98. The molecule has 0 unspecified atom stereocenters. The largest absolute Gasteiger partial charge is 0.545 e. The number of anilines is 1. The molecule has 0 aliphatic carbocycles. The first-order valence-corrected chi connectivity index (χ1v) is 6.77. The smallest absolute Gasteiger partial charge is 0.271 e. The molecule has 0 saturated heterocycles. The van der Waals surface area contributed by atoms with Crippen LogP contribution in [0.4, 0.5) is 17.1 Å². The second-order valence-corrected chi connectivity index (χ2v) is 4.98. The molecule has 0 bridgehead atoms. The summed E-state index contributed by atoms with van der Waals surface area (Å²) in [7, 11) is 0. The van der Waals surface area contributed by atoms with E-state index in [4.69, 9.17) is 0 Å². The molecule has 2 rings (SSSR count). The highest BCUT2D eigenvalue weighted by atomic mass is 16.6. The summed E-state index contributed by atoms with van der Waals surface area (Å²) in [6.45, 7) is 1.59. The first kappa shape index (κ1) is 17.5. The van der Waals surface area contributed by atoms with Gasteiger partial charge in [-0.3, -0.25) is 25.0 Å². The Bertz CT molecular complexity index is 908. The van der Waals surface area contributed by atoms with Gasteiger partial charge in [-0.2, -0.15) is 0 Å². The van der Waals surface area contributed by atoms with Gasteiger partial charge >= 0.3 is 0 Å². The van der Waals surface area contributed by atoms with Gasteiger partial charge in [0, 0.05) is 35.4 Å². The topological polar surface area (TPSA) is 156 Å². The number of rotatable bonds is 5. The number of carboxylic acids is 1. The number of carboxylic acid groups (broad SMARTS) is 1.